The van der Waals surface area contributed by atoms with Crippen molar-refractivity contribution in [1.82, 2.24) is 15.3 Å². The van der Waals surface area contributed by atoms with Gasteiger partial charge in [-0.05, 0) is 13.0 Å². The van der Waals surface area contributed by atoms with E-state index in [0.29, 0.717) is 5.92 Å². The molecule has 3 heteroatoms. The molecule has 1 fully saturated rings. The molecule has 0 amide bonds. The van der Waals surface area contributed by atoms with Crippen LogP contribution < -0.4 is 5.32 Å². The zero-order chi connectivity index (χ0) is 10.8. The number of rotatable bonds is 2. The highest BCUT2D eigenvalue weighted by Gasteiger charge is 2.18. The molecule has 0 bridgehead atoms. The first kappa shape index (κ1) is 9.60. The lowest BCUT2D eigenvalue weighted by Crippen LogP contribution is -2.08. The van der Waals surface area contributed by atoms with Crippen LogP contribution in [0.25, 0.3) is 11.4 Å². The molecule has 1 aliphatic heterocycles. The smallest absolute Gasteiger partial charge is 0.137 e. The molecule has 0 saturated carbocycles. The molecule has 3 rings (SSSR count). The minimum Gasteiger partial charge on any atom is -0.342 e. The molecule has 1 saturated heterocycles. The maximum absolute atomic E-state index is 4.45. The van der Waals surface area contributed by atoms with E-state index >= 15 is 0 Å². The van der Waals surface area contributed by atoms with Gasteiger partial charge in [-0.3, -0.25) is 0 Å². The van der Waals surface area contributed by atoms with E-state index in [2.05, 4.69) is 27.4 Å². The number of hydrogen-bond acceptors (Lipinski definition) is 2. The van der Waals surface area contributed by atoms with Crippen LogP contribution in [0.5, 0.6) is 0 Å². The lowest BCUT2D eigenvalue weighted by atomic mass is 10.1. The molecule has 1 aromatic heterocycles. The highest BCUT2D eigenvalue weighted by molar-refractivity contribution is 5.54. The predicted molar refractivity (Wildman–Crippen MR) is 64.3 cm³/mol. The number of imidazole rings is 1. The number of nitrogens with zero attached hydrogens (tertiary/aromatic N) is 1. The van der Waals surface area contributed by atoms with Crippen LogP contribution in [0.15, 0.2) is 36.5 Å². The molecular weight excluding hydrogens is 198 g/mol. The number of nitrogens with one attached hydrogen (secondary N) is 2. The highest BCUT2D eigenvalue weighted by atomic mass is 15.0. The summed E-state index contributed by atoms with van der Waals surface area (Å²) >= 11 is 0. The van der Waals surface area contributed by atoms with Gasteiger partial charge in [-0.25, -0.2) is 4.98 Å². The molecule has 2 heterocycles. The molecule has 2 N–H and O–H groups in total. The number of aromatic amines is 1. The Balaban J connectivity index is 1.87. The van der Waals surface area contributed by atoms with Gasteiger partial charge in [0.25, 0.3) is 0 Å². The lowest BCUT2D eigenvalue weighted by molar-refractivity contribution is 0.741. The van der Waals surface area contributed by atoms with Crippen molar-refractivity contribution in [3.05, 3.63) is 42.2 Å². The van der Waals surface area contributed by atoms with E-state index in [0.717, 1.165) is 24.5 Å². The van der Waals surface area contributed by atoms with Gasteiger partial charge >= 0.3 is 0 Å². The van der Waals surface area contributed by atoms with Crippen LogP contribution in [0.1, 0.15) is 18.0 Å². The predicted octanol–water partition coefficient (Wildman–Crippen LogP) is 2.15. The average Bonchev–Trinajstić information content (AvgIpc) is 3.01. The maximum Gasteiger partial charge on any atom is 0.137 e. The fourth-order valence-electron chi connectivity index (χ4n) is 2.21. The summed E-state index contributed by atoms with van der Waals surface area (Å²) in [5, 5.41) is 3.37. The van der Waals surface area contributed by atoms with Crippen LogP contribution in [0.3, 0.4) is 0 Å². The summed E-state index contributed by atoms with van der Waals surface area (Å²) in [6.07, 6.45) is 3.18. The minimum atomic E-state index is 0.602. The quantitative estimate of drug-likeness (QED) is 0.802. The standard InChI is InChI=1S/C13H15N3/c1-2-4-10(5-3-1)13-15-9-12(16-13)11-6-7-14-8-11/h1-5,9,11,14H,6-8H2,(H,15,16). The van der Waals surface area contributed by atoms with E-state index in [-0.39, 0.29) is 0 Å². The Morgan fingerprint density at radius 2 is 2.06 bits per heavy atom. The molecule has 0 radical (unpaired) electrons. The second kappa shape index (κ2) is 4.10. The van der Waals surface area contributed by atoms with Crippen LogP contribution in [0.4, 0.5) is 0 Å². The van der Waals surface area contributed by atoms with Gasteiger partial charge in [-0.2, -0.15) is 0 Å². The van der Waals surface area contributed by atoms with E-state index in [4.69, 9.17) is 0 Å². The first-order chi connectivity index (χ1) is 7.93. The van der Waals surface area contributed by atoms with Crippen molar-refractivity contribution in [2.75, 3.05) is 13.1 Å². The van der Waals surface area contributed by atoms with Gasteiger partial charge in [0.15, 0.2) is 0 Å². The molecule has 0 spiro atoms. The molecular formula is C13H15N3. The Kier molecular flexibility index (Phi) is 2.46. The Morgan fingerprint density at radius 3 is 2.81 bits per heavy atom. The van der Waals surface area contributed by atoms with Gasteiger partial charge in [0.05, 0.1) is 0 Å². The Bertz CT molecular complexity index is 455. The summed E-state index contributed by atoms with van der Waals surface area (Å²) in [4.78, 5) is 7.87. The number of aromatic nitrogens is 2. The summed E-state index contributed by atoms with van der Waals surface area (Å²) in [7, 11) is 0. The van der Waals surface area contributed by atoms with Gasteiger partial charge in [0.1, 0.15) is 5.82 Å². The number of H-pyrrole nitrogens is 1. The van der Waals surface area contributed by atoms with Crippen molar-refractivity contribution in [3.8, 4) is 11.4 Å². The monoisotopic (exact) mass is 213 g/mol. The first-order valence-electron chi connectivity index (χ1n) is 5.74. The molecule has 1 aliphatic rings. The second-order valence-electron chi connectivity index (χ2n) is 4.24. The average molecular weight is 213 g/mol. The van der Waals surface area contributed by atoms with Crippen molar-refractivity contribution in [2.24, 2.45) is 0 Å². The van der Waals surface area contributed by atoms with Gasteiger partial charge < -0.3 is 10.3 Å². The molecule has 82 valence electrons. The Hall–Kier alpha value is -1.61. The molecule has 0 aliphatic carbocycles. The minimum absolute atomic E-state index is 0.602. The zero-order valence-electron chi connectivity index (χ0n) is 9.11. The third kappa shape index (κ3) is 1.74. The summed E-state index contributed by atoms with van der Waals surface area (Å²) in [6, 6.07) is 10.3. The fourth-order valence-corrected chi connectivity index (χ4v) is 2.21. The SMILES string of the molecule is c1ccc(-c2ncc(C3CCNC3)[nH]2)cc1. The van der Waals surface area contributed by atoms with Gasteiger partial charge in [-0.1, -0.05) is 30.3 Å². The normalized spacial score (nSPS) is 20.1. The first-order valence-corrected chi connectivity index (χ1v) is 5.74. The molecule has 16 heavy (non-hydrogen) atoms. The maximum atomic E-state index is 4.45. The van der Waals surface area contributed by atoms with Crippen molar-refractivity contribution in [3.63, 3.8) is 0 Å². The number of hydrogen-bond donors (Lipinski definition) is 2. The fraction of sp³-hybridized carbons (Fsp3) is 0.308. The van der Waals surface area contributed by atoms with Crippen LogP contribution in [-0.4, -0.2) is 23.1 Å². The van der Waals surface area contributed by atoms with Crippen LogP contribution in [-0.2, 0) is 0 Å². The molecule has 1 atom stereocenters. The lowest BCUT2D eigenvalue weighted by Gasteiger charge is -2.03. The second-order valence-corrected chi connectivity index (χ2v) is 4.24. The van der Waals surface area contributed by atoms with Crippen molar-refractivity contribution < 1.29 is 0 Å². The highest BCUT2D eigenvalue weighted by Crippen LogP contribution is 2.23. The summed E-state index contributed by atoms with van der Waals surface area (Å²) in [6.45, 7) is 2.18. The summed E-state index contributed by atoms with van der Waals surface area (Å²) in [5.41, 5.74) is 2.41. The largest absolute Gasteiger partial charge is 0.342 e. The molecule has 3 nitrogen and oxygen atoms in total. The topological polar surface area (TPSA) is 40.7 Å². The molecule has 1 unspecified atom stereocenters. The van der Waals surface area contributed by atoms with Gasteiger partial charge in [0, 0.05) is 29.9 Å². The van der Waals surface area contributed by atoms with E-state index in [1.807, 2.05) is 24.4 Å². The summed E-state index contributed by atoms with van der Waals surface area (Å²) in [5.74, 6) is 1.58. The molecule has 1 aromatic carbocycles. The van der Waals surface area contributed by atoms with Crippen LogP contribution >= 0.6 is 0 Å². The summed E-state index contributed by atoms with van der Waals surface area (Å²) < 4.78 is 0. The van der Waals surface area contributed by atoms with E-state index in [1.165, 1.54) is 12.1 Å². The van der Waals surface area contributed by atoms with E-state index in [1.54, 1.807) is 0 Å². The third-order valence-electron chi connectivity index (χ3n) is 3.14. The van der Waals surface area contributed by atoms with Crippen molar-refractivity contribution in [1.29, 1.82) is 0 Å². The third-order valence-corrected chi connectivity index (χ3v) is 3.14. The Morgan fingerprint density at radius 1 is 1.19 bits per heavy atom. The molecule has 2 aromatic rings. The van der Waals surface area contributed by atoms with Gasteiger partial charge in [0.2, 0.25) is 0 Å². The van der Waals surface area contributed by atoms with Crippen molar-refractivity contribution in [2.45, 2.75) is 12.3 Å². The van der Waals surface area contributed by atoms with Crippen LogP contribution in [0.2, 0.25) is 0 Å². The van der Waals surface area contributed by atoms with Crippen LogP contribution in [0, 0.1) is 0 Å². The Labute approximate surface area is 94.9 Å². The van der Waals surface area contributed by atoms with Crippen molar-refractivity contribution >= 4 is 0 Å². The zero-order valence-corrected chi connectivity index (χ0v) is 9.11. The van der Waals surface area contributed by atoms with E-state index in [9.17, 15) is 0 Å². The van der Waals surface area contributed by atoms with Gasteiger partial charge in [-0.15, -0.1) is 0 Å². The number of benzene rings is 1. The van der Waals surface area contributed by atoms with E-state index < -0.39 is 0 Å².